The molecule has 0 aliphatic heterocycles. The number of ether oxygens (including phenoxy) is 2. The third-order valence-electron chi connectivity index (χ3n) is 1.50. The molecule has 0 aliphatic rings. The zero-order valence-corrected chi connectivity index (χ0v) is 9.61. The Bertz CT molecular complexity index is 302. The molecule has 1 heterocycles. The highest BCUT2D eigenvalue weighted by Crippen LogP contribution is 2.22. The SMILES string of the molecule is COc1nc(OC)nc(SC(C)CO)n1. The number of aliphatic hydroxyl groups excluding tert-OH is 1. The highest BCUT2D eigenvalue weighted by atomic mass is 32.2. The van der Waals surface area contributed by atoms with E-state index in [0.717, 1.165) is 0 Å². The quantitative estimate of drug-likeness (QED) is 0.733. The van der Waals surface area contributed by atoms with Crippen molar-refractivity contribution in [2.45, 2.75) is 17.3 Å². The minimum absolute atomic E-state index is 0.0156. The molecular weight excluding hydrogens is 218 g/mol. The Kier molecular flexibility index (Phi) is 4.57. The maximum absolute atomic E-state index is 8.89. The van der Waals surface area contributed by atoms with Crippen molar-refractivity contribution in [3.63, 3.8) is 0 Å². The molecule has 7 heteroatoms. The van der Waals surface area contributed by atoms with Crippen molar-refractivity contribution in [3.8, 4) is 12.0 Å². The average Bonchev–Trinajstić information content (AvgIpc) is 2.28. The summed E-state index contributed by atoms with van der Waals surface area (Å²) in [5.74, 6) is 0. The Hall–Kier alpha value is -1.08. The Labute approximate surface area is 92.1 Å². The van der Waals surface area contributed by atoms with Crippen molar-refractivity contribution >= 4 is 11.8 Å². The summed E-state index contributed by atoms with van der Waals surface area (Å²) in [6.07, 6.45) is 0. The van der Waals surface area contributed by atoms with Crippen molar-refractivity contribution in [1.82, 2.24) is 15.0 Å². The zero-order chi connectivity index (χ0) is 11.3. The van der Waals surface area contributed by atoms with E-state index < -0.39 is 0 Å². The Morgan fingerprint density at radius 2 is 1.73 bits per heavy atom. The van der Waals surface area contributed by atoms with Gasteiger partial charge in [-0.15, -0.1) is 4.98 Å². The molecule has 0 bridgehead atoms. The first-order chi connectivity index (χ1) is 7.19. The van der Waals surface area contributed by atoms with Gasteiger partial charge in [0.05, 0.1) is 20.8 Å². The van der Waals surface area contributed by atoms with Crippen LogP contribution in [0.4, 0.5) is 0 Å². The van der Waals surface area contributed by atoms with Crippen molar-refractivity contribution in [2.24, 2.45) is 0 Å². The van der Waals surface area contributed by atoms with E-state index >= 15 is 0 Å². The normalized spacial score (nSPS) is 12.3. The van der Waals surface area contributed by atoms with Gasteiger partial charge in [-0.05, 0) is 0 Å². The second-order valence-electron chi connectivity index (χ2n) is 2.70. The number of methoxy groups -OCH3 is 2. The van der Waals surface area contributed by atoms with E-state index in [9.17, 15) is 0 Å². The molecule has 0 amide bonds. The number of hydrogen-bond acceptors (Lipinski definition) is 7. The van der Waals surface area contributed by atoms with Crippen LogP contribution in [0, 0.1) is 0 Å². The summed E-state index contributed by atoms with van der Waals surface area (Å²) in [4.78, 5) is 11.9. The van der Waals surface area contributed by atoms with E-state index in [1.54, 1.807) is 0 Å². The zero-order valence-electron chi connectivity index (χ0n) is 8.80. The highest BCUT2D eigenvalue weighted by molar-refractivity contribution is 7.99. The molecule has 1 rings (SSSR count). The molecule has 1 unspecified atom stereocenters. The Morgan fingerprint density at radius 3 is 2.13 bits per heavy atom. The van der Waals surface area contributed by atoms with Gasteiger partial charge in [-0.25, -0.2) is 0 Å². The van der Waals surface area contributed by atoms with Gasteiger partial charge in [0.25, 0.3) is 0 Å². The van der Waals surface area contributed by atoms with Crippen LogP contribution in [-0.4, -0.2) is 46.1 Å². The lowest BCUT2D eigenvalue weighted by Gasteiger charge is -2.07. The number of aliphatic hydroxyl groups is 1. The number of nitrogens with zero attached hydrogens (tertiary/aromatic N) is 3. The van der Waals surface area contributed by atoms with E-state index in [4.69, 9.17) is 14.6 Å². The minimum atomic E-state index is 0.0156. The molecule has 0 aliphatic carbocycles. The number of hydrogen-bond donors (Lipinski definition) is 1. The molecule has 84 valence electrons. The Balaban J connectivity index is 2.86. The highest BCUT2D eigenvalue weighted by Gasteiger charge is 2.10. The van der Waals surface area contributed by atoms with Gasteiger partial charge in [0, 0.05) is 5.25 Å². The van der Waals surface area contributed by atoms with Crippen molar-refractivity contribution in [1.29, 1.82) is 0 Å². The molecule has 1 aromatic rings. The fourth-order valence-corrected chi connectivity index (χ4v) is 1.47. The first kappa shape index (κ1) is 12.0. The average molecular weight is 231 g/mol. The largest absolute Gasteiger partial charge is 0.467 e. The summed E-state index contributed by atoms with van der Waals surface area (Å²) in [6, 6.07) is 0.406. The summed E-state index contributed by atoms with van der Waals surface area (Å²) in [5, 5.41) is 9.38. The van der Waals surface area contributed by atoms with Crippen LogP contribution in [0.1, 0.15) is 6.92 Å². The molecular formula is C8H13N3O3S. The van der Waals surface area contributed by atoms with Crippen LogP contribution in [0.5, 0.6) is 12.0 Å². The molecule has 1 N–H and O–H groups in total. The lowest BCUT2D eigenvalue weighted by atomic mass is 10.5. The molecule has 6 nitrogen and oxygen atoms in total. The molecule has 0 saturated carbocycles. The second-order valence-corrected chi connectivity index (χ2v) is 4.11. The van der Waals surface area contributed by atoms with Gasteiger partial charge in [0.15, 0.2) is 5.16 Å². The van der Waals surface area contributed by atoms with Crippen LogP contribution >= 0.6 is 11.8 Å². The third kappa shape index (κ3) is 3.52. The van der Waals surface area contributed by atoms with Gasteiger partial charge < -0.3 is 14.6 Å². The van der Waals surface area contributed by atoms with Crippen LogP contribution in [0.3, 0.4) is 0 Å². The number of thioether (sulfide) groups is 1. The maximum atomic E-state index is 8.89. The summed E-state index contributed by atoms with van der Waals surface area (Å²) in [7, 11) is 2.94. The first-order valence-corrected chi connectivity index (χ1v) is 5.19. The third-order valence-corrected chi connectivity index (χ3v) is 2.45. The van der Waals surface area contributed by atoms with Crippen LogP contribution in [0.25, 0.3) is 0 Å². The summed E-state index contributed by atoms with van der Waals surface area (Å²) in [6.45, 7) is 1.92. The van der Waals surface area contributed by atoms with E-state index in [2.05, 4.69) is 15.0 Å². The topological polar surface area (TPSA) is 77.4 Å². The van der Waals surface area contributed by atoms with E-state index in [0.29, 0.717) is 5.16 Å². The lowest BCUT2D eigenvalue weighted by Crippen LogP contribution is -2.05. The van der Waals surface area contributed by atoms with Gasteiger partial charge in [0.1, 0.15) is 0 Å². The molecule has 1 aromatic heterocycles. The van der Waals surface area contributed by atoms with Crippen LogP contribution in [-0.2, 0) is 0 Å². The molecule has 0 saturated heterocycles. The maximum Gasteiger partial charge on any atom is 0.323 e. The van der Waals surface area contributed by atoms with Crippen molar-refractivity contribution < 1.29 is 14.6 Å². The molecule has 0 fully saturated rings. The van der Waals surface area contributed by atoms with E-state index in [1.165, 1.54) is 26.0 Å². The lowest BCUT2D eigenvalue weighted by molar-refractivity contribution is 0.299. The number of aromatic nitrogens is 3. The van der Waals surface area contributed by atoms with Gasteiger partial charge in [-0.2, -0.15) is 9.97 Å². The molecule has 0 aromatic carbocycles. The van der Waals surface area contributed by atoms with Crippen molar-refractivity contribution in [2.75, 3.05) is 20.8 Å². The van der Waals surface area contributed by atoms with Crippen LogP contribution in [0.15, 0.2) is 5.16 Å². The summed E-state index contributed by atoms with van der Waals surface area (Å²) in [5.41, 5.74) is 0. The smallest absolute Gasteiger partial charge is 0.323 e. The number of rotatable bonds is 5. The molecule has 0 radical (unpaired) electrons. The first-order valence-electron chi connectivity index (χ1n) is 4.31. The molecule has 0 spiro atoms. The predicted octanol–water partition coefficient (Wildman–Crippen LogP) is 0.362. The van der Waals surface area contributed by atoms with E-state index in [1.807, 2.05) is 6.92 Å². The van der Waals surface area contributed by atoms with Gasteiger partial charge >= 0.3 is 12.0 Å². The van der Waals surface area contributed by atoms with Crippen LogP contribution in [0.2, 0.25) is 0 Å². The second kappa shape index (κ2) is 5.72. The monoisotopic (exact) mass is 231 g/mol. The fourth-order valence-electron chi connectivity index (χ4n) is 0.773. The summed E-state index contributed by atoms with van der Waals surface area (Å²) < 4.78 is 9.79. The fraction of sp³-hybridized carbons (Fsp3) is 0.625. The van der Waals surface area contributed by atoms with E-state index in [-0.39, 0.29) is 23.9 Å². The molecule has 1 atom stereocenters. The standard InChI is InChI=1S/C8H13N3O3S/c1-5(4-12)15-8-10-6(13-2)9-7(11-8)14-3/h5,12H,4H2,1-3H3. The van der Waals surface area contributed by atoms with Gasteiger partial charge in [-0.3, -0.25) is 0 Å². The van der Waals surface area contributed by atoms with Crippen LogP contribution < -0.4 is 9.47 Å². The van der Waals surface area contributed by atoms with Gasteiger partial charge in [0.2, 0.25) is 0 Å². The summed E-state index contributed by atoms with van der Waals surface area (Å²) >= 11 is 1.33. The minimum Gasteiger partial charge on any atom is -0.467 e. The Morgan fingerprint density at radius 1 is 1.20 bits per heavy atom. The predicted molar refractivity (Wildman–Crippen MR) is 55.3 cm³/mol. The van der Waals surface area contributed by atoms with Gasteiger partial charge in [-0.1, -0.05) is 18.7 Å². The van der Waals surface area contributed by atoms with Crippen molar-refractivity contribution in [3.05, 3.63) is 0 Å². The molecule has 15 heavy (non-hydrogen) atoms.